The van der Waals surface area contributed by atoms with Crippen molar-refractivity contribution in [3.63, 3.8) is 0 Å². The second-order valence-corrected chi connectivity index (χ2v) is 6.14. The highest BCUT2D eigenvalue weighted by molar-refractivity contribution is 7.13. The number of rotatable bonds is 4. The summed E-state index contributed by atoms with van der Waals surface area (Å²) >= 11 is 1.53. The molecule has 0 atom stereocenters. The van der Waals surface area contributed by atoms with Crippen LogP contribution in [0.25, 0.3) is 21.8 Å². The molecule has 0 bridgehead atoms. The van der Waals surface area contributed by atoms with E-state index in [2.05, 4.69) is 4.98 Å². The maximum absolute atomic E-state index is 10.9. The summed E-state index contributed by atoms with van der Waals surface area (Å²) in [5.74, 6) is 0. The molecule has 23 heavy (non-hydrogen) atoms. The van der Waals surface area contributed by atoms with Gasteiger partial charge in [0, 0.05) is 48.4 Å². The zero-order chi connectivity index (χ0) is 16.4. The van der Waals surface area contributed by atoms with Crippen molar-refractivity contribution in [1.82, 2.24) is 4.98 Å². The number of anilines is 1. The van der Waals surface area contributed by atoms with Gasteiger partial charge in [0.15, 0.2) is 0 Å². The molecule has 0 N–H and O–H groups in total. The van der Waals surface area contributed by atoms with Crippen molar-refractivity contribution in [2.45, 2.75) is 0 Å². The lowest BCUT2D eigenvalue weighted by Gasteiger charge is -2.11. The first-order valence-corrected chi connectivity index (χ1v) is 7.90. The highest BCUT2D eigenvalue weighted by Gasteiger charge is 2.11. The molecule has 0 aliphatic carbocycles. The number of hydrogen-bond donors (Lipinski definition) is 0. The van der Waals surface area contributed by atoms with Crippen LogP contribution in [-0.4, -0.2) is 24.0 Å². The fourth-order valence-corrected chi connectivity index (χ4v) is 3.06. The molecule has 1 aromatic heterocycles. The maximum Gasteiger partial charge on any atom is 0.270 e. The van der Waals surface area contributed by atoms with Gasteiger partial charge in [0.05, 0.1) is 10.6 Å². The van der Waals surface area contributed by atoms with Gasteiger partial charge in [-0.25, -0.2) is 4.98 Å². The molecule has 0 saturated heterocycles. The summed E-state index contributed by atoms with van der Waals surface area (Å²) in [6.45, 7) is 0. The standard InChI is InChI=1S/C17H15N3O2S/c1-19(2)14-8-6-12(7-9-14)17-18-16(11-23-17)13-4-3-5-15(10-13)20(21)22/h3-11H,1-2H3. The molecule has 0 aliphatic rings. The third kappa shape index (κ3) is 3.22. The first-order valence-electron chi connectivity index (χ1n) is 7.03. The molecule has 2 aromatic carbocycles. The lowest BCUT2D eigenvalue weighted by Crippen LogP contribution is -2.07. The molecule has 3 aromatic rings. The van der Waals surface area contributed by atoms with Gasteiger partial charge in [-0.05, 0) is 24.3 Å². The molecule has 0 unspecified atom stereocenters. The van der Waals surface area contributed by atoms with Crippen LogP contribution in [0, 0.1) is 10.1 Å². The minimum absolute atomic E-state index is 0.0763. The van der Waals surface area contributed by atoms with E-state index in [9.17, 15) is 10.1 Å². The summed E-state index contributed by atoms with van der Waals surface area (Å²) in [6.07, 6.45) is 0. The minimum Gasteiger partial charge on any atom is -0.378 e. The van der Waals surface area contributed by atoms with Crippen LogP contribution in [0.2, 0.25) is 0 Å². The van der Waals surface area contributed by atoms with Gasteiger partial charge in [-0.1, -0.05) is 12.1 Å². The lowest BCUT2D eigenvalue weighted by molar-refractivity contribution is -0.384. The highest BCUT2D eigenvalue weighted by Crippen LogP contribution is 2.31. The number of thiazole rings is 1. The van der Waals surface area contributed by atoms with E-state index in [0.717, 1.165) is 27.5 Å². The molecule has 0 aliphatic heterocycles. The molecular formula is C17H15N3O2S. The number of nitrogens with zero attached hydrogens (tertiary/aromatic N) is 3. The molecule has 5 nitrogen and oxygen atoms in total. The predicted molar refractivity (Wildman–Crippen MR) is 94.0 cm³/mol. The average molecular weight is 325 g/mol. The number of hydrogen-bond acceptors (Lipinski definition) is 5. The quantitative estimate of drug-likeness (QED) is 0.525. The number of nitro groups is 1. The van der Waals surface area contributed by atoms with Crippen LogP contribution in [0.4, 0.5) is 11.4 Å². The van der Waals surface area contributed by atoms with Gasteiger partial charge in [-0.2, -0.15) is 0 Å². The molecule has 0 spiro atoms. The monoisotopic (exact) mass is 325 g/mol. The third-order valence-corrected chi connectivity index (χ3v) is 4.38. The van der Waals surface area contributed by atoms with Crippen molar-refractivity contribution in [3.05, 3.63) is 64.0 Å². The normalized spacial score (nSPS) is 10.5. The number of nitro benzene ring substituents is 1. The van der Waals surface area contributed by atoms with Crippen molar-refractivity contribution in [2.75, 3.05) is 19.0 Å². The van der Waals surface area contributed by atoms with E-state index in [1.165, 1.54) is 17.4 Å². The van der Waals surface area contributed by atoms with Crippen LogP contribution in [0.15, 0.2) is 53.9 Å². The Morgan fingerprint density at radius 2 is 1.83 bits per heavy atom. The van der Waals surface area contributed by atoms with E-state index in [1.54, 1.807) is 12.1 Å². The number of aromatic nitrogens is 1. The van der Waals surface area contributed by atoms with Crippen molar-refractivity contribution in [1.29, 1.82) is 0 Å². The Labute approximate surface area is 138 Å². The molecule has 0 radical (unpaired) electrons. The van der Waals surface area contributed by atoms with E-state index in [1.807, 2.05) is 54.7 Å². The number of benzene rings is 2. The Morgan fingerprint density at radius 1 is 1.09 bits per heavy atom. The summed E-state index contributed by atoms with van der Waals surface area (Å²) in [5.41, 5.74) is 3.76. The summed E-state index contributed by atoms with van der Waals surface area (Å²) < 4.78 is 0. The van der Waals surface area contributed by atoms with Crippen LogP contribution in [0.3, 0.4) is 0 Å². The summed E-state index contributed by atoms with van der Waals surface area (Å²) in [4.78, 5) is 17.1. The molecule has 0 fully saturated rings. The smallest absolute Gasteiger partial charge is 0.270 e. The van der Waals surface area contributed by atoms with E-state index >= 15 is 0 Å². The topological polar surface area (TPSA) is 59.3 Å². The molecule has 1 heterocycles. The SMILES string of the molecule is CN(C)c1ccc(-c2nc(-c3cccc([N+](=O)[O-])c3)cs2)cc1. The molecule has 6 heteroatoms. The molecule has 3 rings (SSSR count). The minimum atomic E-state index is -0.392. The molecule has 116 valence electrons. The van der Waals surface area contributed by atoms with E-state index in [-0.39, 0.29) is 5.69 Å². The molecule has 0 amide bonds. The largest absolute Gasteiger partial charge is 0.378 e. The van der Waals surface area contributed by atoms with Gasteiger partial charge in [0.1, 0.15) is 5.01 Å². The Hall–Kier alpha value is -2.73. The van der Waals surface area contributed by atoms with Crippen molar-refractivity contribution < 1.29 is 4.92 Å². The fourth-order valence-electron chi connectivity index (χ4n) is 2.22. The lowest BCUT2D eigenvalue weighted by atomic mass is 10.1. The third-order valence-electron chi connectivity index (χ3n) is 3.49. The maximum atomic E-state index is 10.9. The Balaban J connectivity index is 1.91. The van der Waals surface area contributed by atoms with Crippen molar-refractivity contribution in [3.8, 4) is 21.8 Å². The van der Waals surface area contributed by atoms with Gasteiger partial charge in [0.25, 0.3) is 5.69 Å². The van der Waals surface area contributed by atoms with Crippen molar-refractivity contribution >= 4 is 22.7 Å². The zero-order valence-electron chi connectivity index (χ0n) is 12.8. The van der Waals surface area contributed by atoms with Gasteiger partial charge in [-0.15, -0.1) is 11.3 Å². The summed E-state index contributed by atoms with van der Waals surface area (Å²) in [6, 6.07) is 14.7. The summed E-state index contributed by atoms with van der Waals surface area (Å²) in [7, 11) is 4.00. The molecular weight excluding hydrogens is 310 g/mol. The Kier molecular flexibility index (Phi) is 4.08. The van der Waals surface area contributed by atoms with Gasteiger partial charge < -0.3 is 4.90 Å². The predicted octanol–water partition coefficient (Wildman–Crippen LogP) is 4.45. The Bertz CT molecular complexity index is 841. The van der Waals surface area contributed by atoms with Crippen molar-refractivity contribution in [2.24, 2.45) is 0 Å². The van der Waals surface area contributed by atoms with E-state index in [0.29, 0.717) is 0 Å². The first kappa shape index (κ1) is 15.2. The van der Waals surface area contributed by atoms with Crippen LogP contribution in [-0.2, 0) is 0 Å². The molecule has 0 saturated carbocycles. The fraction of sp³-hybridized carbons (Fsp3) is 0.118. The van der Waals surface area contributed by atoms with Crippen LogP contribution in [0.5, 0.6) is 0 Å². The first-order chi connectivity index (χ1) is 11.0. The zero-order valence-corrected chi connectivity index (χ0v) is 13.6. The summed E-state index contributed by atoms with van der Waals surface area (Å²) in [5, 5.41) is 13.7. The second kappa shape index (κ2) is 6.18. The van der Waals surface area contributed by atoms with Crippen LogP contribution in [0.1, 0.15) is 0 Å². The van der Waals surface area contributed by atoms with E-state index < -0.39 is 4.92 Å². The number of non-ortho nitro benzene ring substituents is 1. The Morgan fingerprint density at radius 3 is 2.48 bits per heavy atom. The highest BCUT2D eigenvalue weighted by atomic mass is 32.1. The van der Waals surface area contributed by atoms with Gasteiger partial charge in [-0.3, -0.25) is 10.1 Å². The van der Waals surface area contributed by atoms with E-state index in [4.69, 9.17) is 0 Å². The second-order valence-electron chi connectivity index (χ2n) is 5.29. The van der Waals surface area contributed by atoms with Crippen LogP contribution < -0.4 is 4.90 Å². The van der Waals surface area contributed by atoms with Gasteiger partial charge >= 0.3 is 0 Å². The van der Waals surface area contributed by atoms with Gasteiger partial charge in [0.2, 0.25) is 0 Å². The average Bonchev–Trinajstić information content (AvgIpc) is 3.05. The van der Waals surface area contributed by atoms with Crippen LogP contribution >= 0.6 is 11.3 Å².